The van der Waals surface area contributed by atoms with Crippen molar-refractivity contribution in [3.63, 3.8) is 0 Å². The second-order valence-corrected chi connectivity index (χ2v) is 5.04. The van der Waals surface area contributed by atoms with E-state index in [9.17, 15) is 0 Å². The largest absolute Gasteiger partial charge is 0.385 e. The topological polar surface area (TPSA) is 29.9 Å². The molecule has 3 rings (SSSR count). The first-order chi connectivity index (χ1) is 9.84. The van der Waals surface area contributed by atoms with Crippen LogP contribution in [0.25, 0.3) is 10.9 Å². The van der Waals surface area contributed by atoms with Gasteiger partial charge in [0.2, 0.25) is 0 Å². The van der Waals surface area contributed by atoms with Gasteiger partial charge in [-0.15, -0.1) is 12.4 Å². The smallest absolute Gasteiger partial charge is 0.0483 e. The van der Waals surface area contributed by atoms with E-state index in [4.69, 9.17) is 0 Å². The van der Waals surface area contributed by atoms with E-state index in [1.54, 1.807) is 0 Å². The highest BCUT2D eigenvalue weighted by atomic mass is 35.5. The minimum absolute atomic E-state index is 0. The van der Waals surface area contributed by atoms with E-state index in [0.29, 0.717) is 0 Å². The number of nitrogens with one attached hydrogen (secondary N) is 1. The first-order valence-corrected chi connectivity index (χ1v) is 7.03. The molecule has 0 aliphatic rings. The summed E-state index contributed by atoms with van der Waals surface area (Å²) in [6, 6.07) is 12.6. The number of hydrogen-bond donors (Lipinski definition) is 1. The number of benzene rings is 1. The van der Waals surface area contributed by atoms with Gasteiger partial charge in [-0.05, 0) is 37.1 Å². The Labute approximate surface area is 131 Å². The minimum atomic E-state index is 0. The van der Waals surface area contributed by atoms with Gasteiger partial charge in [-0.2, -0.15) is 0 Å². The number of aryl methyl sites for hydroxylation is 2. The zero-order valence-electron chi connectivity index (χ0n) is 12.1. The molecule has 0 aliphatic carbocycles. The molecule has 0 saturated heterocycles. The maximum absolute atomic E-state index is 4.01. The molecule has 0 bridgehead atoms. The molecule has 110 valence electrons. The van der Waals surface area contributed by atoms with Gasteiger partial charge in [-0.3, -0.25) is 4.98 Å². The Balaban J connectivity index is 0.00000161. The van der Waals surface area contributed by atoms with Crippen molar-refractivity contribution in [3.05, 3.63) is 60.6 Å². The van der Waals surface area contributed by atoms with Crippen molar-refractivity contribution >= 4 is 29.0 Å². The summed E-state index contributed by atoms with van der Waals surface area (Å²) in [6.07, 6.45) is 6.97. The Kier molecular flexibility index (Phi) is 5.23. The number of nitrogens with zero attached hydrogens (tertiary/aromatic N) is 2. The molecule has 0 aliphatic heterocycles. The lowest BCUT2D eigenvalue weighted by atomic mass is 10.2. The lowest BCUT2D eigenvalue weighted by Gasteiger charge is -2.07. The standard InChI is InChI=1S/C17H19N3.ClH/c1-14-13-20(17-6-3-2-5-16(14)17)12-4-9-19-15-7-10-18-11-8-15;/h2-3,5-8,10-11,13H,4,9,12H2,1H3,(H,18,19);1H. The van der Waals surface area contributed by atoms with Crippen LogP contribution in [0.1, 0.15) is 12.0 Å². The highest BCUT2D eigenvalue weighted by molar-refractivity contribution is 5.85. The summed E-state index contributed by atoms with van der Waals surface area (Å²) in [5.41, 5.74) is 3.81. The van der Waals surface area contributed by atoms with Crippen molar-refractivity contribution in [1.82, 2.24) is 9.55 Å². The molecular weight excluding hydrogens is 282 g/mol. The van der Waals surface area contributed by atoms with Gasteiger partial charge in [0, 0.05) is 48.3 Å². The predicted molar refractivity (Wildman–Crippen MR) is 91.3 cm³/mol. The third-order valence-electron chi connectivity index (χ3n) is 3.57. The fourth-order valence-electron chi connectivity index (χ4n) is 2.57. The van der Waals surface area contributed by atoms with Crippen LogP contribution in [0.3, 0.4) is 0 Å². The fraction of sp³-hybridized carbons (Fsp3) is 0.235. The first kappa shape index (κ1) is 15.4. The molecule has 0 fully saturated rings. The quantitative estimate of drug-likeness (QED) is 0.713. The molecule has 1 N–H and O–H groups in total. The van der Waals surface area contributed by atoms with Gasteiger partial charge < -0.3 is 9.88 Å². The van der Waals surface area contributed by atoms with E-state index in [1.807, 2.05) is 24.5 Å². The average molecular weight is 302 g/mol. The first-order valence-electron chi connectivity index (χ1n) is 7.03. The summed E-state index contributed by atoms with van der Waals surface area (Å²) < 4.78 is 2.35. The summed E-state index contributed by atoms with van der Waals surface area (Å²) >= 11 is 0. The third kappa shape index (κ3) is 3.56. The highest BCUT2D eigenvalue weighted by Gasteiger charge is 2.03. The lowest BCUT2D eigenvalue weighted by Crippen LogP contribution is -2.06. The van der Waals surface area contributed by atoms with Crippen molar-refractivity contribution in [2.24, 2.45) is 0 Å². The lowest BCUT2D eigenvalue weighted by molar-refractivity contribution is 0.682. The van der Waals surface area contributed by atoms with E-state index < -0.39 is 0 Å². The van der Waals surface area contributed by atoms with E-state index in [2.05, 4.69) is 52.3 Å². The molecule has 1 aromatic carbocycles. The molecule has 0 unspecified atom stereocenters. The summed E-state index contributed by atoms with van der Waals surface area (Å²) in [4.78, 5) is 4.01. The van der Waals surface area contributed by atoms with Gasteiger partial charge in [0.25, 0.3) is 0 Å². The van der Waals surface area contributed by atoms with Crippen LogP contribution < -0.4 is 5.32 Å². The molecular formula is C17H20ClN3. The summed E-state index contributed by atoms with van der Waals surface area (Å²) in [7, 11) is 0. The maximum Gasteiger partial charge on any atom is 0.0483 e. The van der Waals surface area contributed by atoms with E-state index >= 15 is 0 Å². The number of fused-ring (bicyclic) bond motifs is 1. The monoisotopic (exact) mass is 301 g/mol. The van der Waals surface area contributed by atoms with Crippen molar-refractivity contribution in [2.45, 2.75) is 19.9 Å². The molecule has 21 heavy (non-hydrogen) atoms. The van der Waals surface area contributed by atoms with Gasteiger partial charge in [-0.25, -0.2) is 0 Å². The van der Waals surface area contributed by atoms with Crippen LogP contribution in [0, 0.1) is 6.92 Å². The Morgan fingerprint density at radius 2 is 1.86 bits per heavy atom. The normalized spacial score (nSPS) is 10.3. The Hall–Kier alpha value is -2.00. The average Bonchev–Trinajstić information content (AvgIpc) is 2.82. The molecule has 2 heterocycles. The second kappa shape index (κ2) is 7.14. The van der Waals surface area contributed by atoms with Crippen LogP contribution in [0.4, 0.5) is 5.69 Å². The summed E-state index contributed by atoms with van der Waals surface area (Å²) in [5.74, 6) is 0. The Morgan fingerprint density at radius 3 is 2.67 bits per heavy atom. The van der Waals surface area contributed by atoms with Crippen LogP contribution in [-0.2, 0) is 6.54 Å². The third-order valence-corrected chi connectivity index (χ3v) is 3.57. The Bertz CT molecular complexity index is 692. The van der Waals surface area contributed by atoms with Crippen molar-refractivity contribution in [2.75, 3.05) is 11.9 Å². The van der Waals surface area contributed by atoms with Crippen molar-refractivity contribution in [3.8, 4) is 0 Å². The van der Waals surface area contributed by atoms with Gasteiger partial charge in [-0.1, -0.05) is 18.2 Å². The molecule has 3 aromatic rings. The molecule has 3 nitrogen and oxygen atoms in total. The van der Waals surface area contributed by atoms with E-state index in [-0.39, 0.29) is 12.4 Å². The molecule has 0 saturated carbocycles. The van der Waals surface area contributed by atoms with Crippen LogP contribution in [0.5, 0.6) is 0 Å². The molecule has 0 atom stereocenters. The zero-order chi connectivity index (χ0) is 13.8. The van der Waals surface area contributed by atoms with Gasteiger partial charge in [0.15, 0.2) is 0 Å². The molecule has 4 heteroatoms. The van der Waals surface area contributed by atoms with Crippen molar-refractivity contribution < 1.29 is 0 Å². The number of hydrogen-bond acceptors (Lipinski definition) is 2. The summed E-state index contributed by atoms with van der Waals surface area (Å²) in [6.45, 7) is 4.18. The number of anilines is 1. The van der Waals surface area contributed by atoms with Gasteiger partial charge >= 0.3 is 0 Å². The van der Waals surface area contributed by atoms with Crippen LogP contribution in [0.2, 0.25) is 0 Å². The fourth-order valence-corrected chi connectivity index (χ4v) is 2.57. The number of halogens is 1. The SMILES string of the molecule is Cc1cn(CCCNc2ccncc2)c2ccccc12.Cl. The number of rotatable bonds is 5. The second-order valence-electron chi connectivity index (χ2n) is 5.04. The van der Waals surface area contributed by atoms with Gasteiger partial charge in [0.1, 0.15) is 0 Å². The number of aromatic nitrogens is 2. The molecule has 0 amide bonds. The maximum atomic E-state index is 4.01. The molecule has 0 radical (unpaired) electrons. The Morgan fingerprint density at radius 1 is 1.10 bits per heavy atom. The minimum Gasteiger partial charge on any atom is -0.385 e. The predicted octanol–water partition coefficient (Wildman–Crippen LogP) is 4.27. The van der Waals surface area contributed by atoms with Gasteiger partial charge in [0.05, 0.1) is 0 Å². The van der Waals surface area contributed by atoms with E-state index in [1.165, 1.54) is 16.5 Å². The van der Waals surface area contributed by atoms with Crippen LogP contribution in [-0.4, -0.2) is 16.1 Å². The highest BCUT2D eigenvalue weighted by Crippen LogP contribution is 2.20. The number of para-hydroxylation sites is 1. The van der Waals surface area contributed by atoms with E-state index in [0.717, 1.165) is 25.2 Å². The molecule has 2 aromatic heterocycles. The van der Waals surface area contributed by atoms with Crippen molar-refractivity contribution in [1.29, 1.82) is 0 Å². The zero-order valence-corrected chi connectivity index (χ0v) is 12.9. The summed E-state index contributed by atoms with van der Waals surface area (Å²) in [5, 5.41) is 4.77. The number of pyridine rings is 1. The van der Waals surface area contributed by atoms with Crippen LogP contribution >= 0.6 is 12.4 Å². The van der Waals surface area contributed by atoms with Crippen LogP contribution in [0.15, 0.2) is 55.0 Å². The molecule has 0 spiro atoms.